The molecule has 0 nitrogen and oxygen atoms in total. The van der Waals surface area contributed by atoms with Crippen LogP contribution in [0.2, 0.25) is 0 Å². The summed E-state index contributed by atoms with van der Waals surface area (Å²) in [4.78, 5) is 1.01. The monoisotopic (exact) mass is 395 g/mol. The zero-order valence-corrected chi connectivity index (χ0v) is 11.5. The zero-order chi connectivity index (χ0) is 7.78. The third kappa shape index (κ3) is 3.11. The van der Waals surface area contributed by atoms with Gasteiger partial charge in [0.15, 0.2) is 0 Å². The zero-order valence-electron chi connectivity index (χ0n) is 5.16. The molecule has 59 valence electrons. The maximum absolute atomic E-state index is 3.61. The van der Waals surface area contributed by atoms with Gasteiger partial charge in [-0.2, -0.15) is 0 Å². The van der Waals surface area contributed by atoms with E-state index in [1.54, 1.807) is 0 Å². The van der Waals surface area contributed by atoms with Crippen LogP contribution in [0.5, 0.6) is 0 Å². The molecule has 1 radical (unpaired) electrons. The van der Waals surface area contributed by atoms with Crippen LogP contribution >= 0.6 is 63.7 Å². The van der Waals surface area contributed by atoms with E-state index in [1.807, 2.05) is 0 Å². The smallest absolute Gasteiger partial charge is 0.0827 e. The molecule has 0 amide bonds. The first-order valence-corrected chi connectivity index (χ1v) is 6.42. The Labute approximate surface area is 95.0 Å². The van der Waals surface area contributed by atoms with E-state index in [-0.39, 0.29) is 3.23 Å². The molecule has 1 rings (SSSR count). The van der Waals surface area contributed by atoms with Crippen molar-refractivity contribution in [1.29, 1.82) is 0 Å². The van der Waals surface area contributed by atoms with Crippen LogP contribution in [0.15, 0.2) is 0 Å². The molecule has 0 spiro atoms. The van der Waals surface area contributed by atoms with E-state index >= 15 is 0 Å². The fourth-order valence-corrected chi connectivity index (χ4v) is 6.40. The van der Waals surface area contributed by atoms with Gasteiger partial charge in [-0.25, -0.2) is 0 Å². The lowest BCUT2D eigenvalue weighted by molar-refractivity contribution is 0.621. The molecule has 0 aromatic carbocycles. The standard InChI is InChI=1S/C6H7Br4/c7-4-1-5(8)3-6(9,10)2-4/h1,4-5H,2-3H2. The fourth-order valence-electron chi connectivity index (χ4n) is 1.02. The molecule has 2 unspecified atom stereocenters. The predicted octanol–water partition coefficient (Wildman–Crippen LogP) is 4.00. The lowest BCUT2D eigenvalue weighted by Crippen LogP contribution is -2.30. The molecule has 1 fully saturated rings. The molecule has 1 saturated carbocycles. The Morgan fingerprint density at radius 1 is 1.10 bits per heavy atom. The van der Waals surface area contributed by atoms with Crippen molar-refractivity contribution >= 4 is 63.7 Å². The van der Waals surface area contributed by atoms with Gasteiger partial charge in [-0.05, 0) is 19.3 Å². The van der Waals surface area contributed by atoms with Crippen LogP contribution in [-0.2, 0) is 0 Å². The molecule has 1 aliphatic rings. The second kappa shape index (κ2) is 3.75. The van der Waals surface area contributed by atoms with Gasteiger partial charge in [0.25, 0.3) is 0 Å². The van der Waals surface area contributed by atoms with Gasteiger partial charge in [-0.15, -0.1) is 0 Å². The average molecular weight is 399 g/mol. The van der Waals surface area contributed by atoms with Crippen molar-refractivity contribution in [2.75, 3.05) is 0 Å². The van der Waals surface area contributed by atoms with Gasteiger partial charge in [-0.3, -0.25) is 0 Å². The van der Waals surface area contributed by atoms with Crippen LogP contribution in [0.4, 0.5) is 0 Å². The lowest BCUT2D eigenvalue weighted by Gasteiger charge is -2.32. The summed E-state index contributed by atoms with van der Waals surface area (Å²) in [5.41, 5.74) is 0. The highest BCUT2D eigenvalue weighted by atomic mass is 79.9. The van der Waals surface area contributed by atoms with E-state index in [1.165, 1.54) is 0 Å². The highest BCUT2D eigenvalue weighted by Gasteiger charge is 2.34. The second-order valence-electron chi connectivity index (χ2n) is 2.49. The first kappa shape index (κ1) is 10.0. The minimum absolute atomic E-state index is 0.122. The first-order chi connectivity index (χ1) is 4.49. The third-order valence-electron chi connectivity index (χ3n) is 1.40. The van der Waals surface area contributed by atoms with Gasteiger partial charge < -0.3 is 0 Å². The van der Waals surface area contributed by atoms with Gasteiger partial charge in [0.05, 0.1) is 3.23 Å². The second-order valence-corrected chi connectivity index (χ2v) is 8.94. The average Bonchev–Trinajstić information content (AvgIpc) is 1.54. The Balaban J connectivity index is 2.51. The van der Waals surface area contributed by atoms with Gasteiger partial charge >= 0.3 is 0 Å². The Morgan fingerprint density at radius 3 is 1.80 bits per heavy atom. The van der Waals surface area contributed by atoms with Crippen molar-refractivity contribution in [2.24, 2.45) is 0 Å². The van der Waals surface area contributed by atoms with Crippen molar-refractivity contribution in [3.63, 3.8) is 0 Å². The van der Waals surface area contributed by atoms with Crippen molar-refractivity contribution in [1.82, 2.24) is 0 Å². The van der Waals surface area contributed by atoms with Crippen molar-refractivity contribution in [3.8, 4) is 0 Å². The van der Waals surface area contributed by atoms with Gasteiger partial charge in [0.1, 0.15) is 0 Å². The van der Waals surface area contributed by atoms with E-state index in [0.29, 0.717) is 9.65 Å². The number of rotatable bonds is 0. The van der Waals surface area contributed by atoms with Gasteiger partial charge in [0.2, 0.25) is 0 Å². The molecular formula is C6H7Br4. The van der Waals surface area contributed by atoms with Crippen molar-refractivity contribution in [3.05, 3.63) is 6.42 Å². The molecule has 0 aromatic rings. The highest BCUT2D eigenvalue weighted by Crippen LogP contribution is 2.45. The van der Waals surface area contributed by atoms with E-state index < -0.39 is 0 Å². The van der Waals surface area contributed by atoms with Crippen LogP contribution in [0.1, 0.15) is 12.8 Å². The maximum atomic E-state index is 3.61. The van der Waals surface area contributed by atoms with Crippen LogP contribution in [0, 0.1) is 6.42 Å². The Bertz CT molecular complexity index is 111. The molecule has 0 heterocycles. The van der Waals surface area contributed by atoms with E-state index in [0.717, 1.165) is 12.8 Å². The molecular weight excluding hydrogens is 392 g/mol. The number of alkyl halides is 4. The van der Waals surface area contributed by atoms with Crippen LogP contribution in [0.3, 0.4) is 0 Å². The minimum atomic E-state index is 0.122. The van der Waals surface area contributed by atoms with Gasteiger partial charge in [-0.1, -0.05) is 63.7 Å². The molecule has 0 bridgehead atoms. The number of hydrogen-bond donors (Lipinski definition) is 0. The fraction of sp³-hybridized carbons (Fsp3) is 0.833. The Kier molecular flexibility index (Phi) is 3.76. The van der Waals surface area contributed by atoms with E-state index in [9.17, 15) is 0 Å². The van der Waals surface area contributed by atoms with Crippen LogP contribution < -0.4 is 0 Å². The topological polar surface area (TPSA) is 0 Å². The molecule has 10 heavy (non-hydrogen) atoms. The minimum Gasteiger partial charge on any atom is -0.0886 e. The van der Waals surface area contributed by atoms with Crippen molar-refractivity contribution in [2.45, 2.75) is 25.7 Å². The summed E-state index contributed by atoms with van der Waals surface area (Å²) in [6, 6.07) is 0. The van der Waals surface area contributed by atoms with Gasteiger partial charge in [0, 0.05) is 9.65 Å². The molecule has 4 heteroatoms. The molecule has 0 saturated heterocycles. The highest BCUT2D eigenvalue weighted by molar-refractivity contribution is 9.25. The SMILES string of the molecule is BrC1[CH]C(Br)CC(Br)(Br)C1. The summed E-state index contributed by atoms with van der Waals surface area (Å²) in [5.74, 6) is 0. The first-order valence-electron chi connectivity index (χ1n) is 3.00. The molecule has 1 aliphatic carbocycles. The third-order valence-corrected chi connectivity index (χ3v) is 3.96. The van der Waals surface area contributed by atoms with Crippen LogP contribution in [0.25, 0.3) is 0 Å². The largest absolute Gasteiger partial charge is 0.0886 e. The number of halogens is 4. The molecule has 0 N–H and O–H groups in total. The van der Waals surface area contributed by atoms with E-state index in [4.69, 9.17) is 0 Å². The normalized spacial score (nSPS) is 39.6. The molecule has 0 aliphatic heterocycles. The Hall–Kier alpha value is 1.92. The summed E-state index contributed by atoms with van der Waals surface area (Å²) < 4.78 is 0.122. The summed E-state index contributed by atoms with van der Waals surface area (Å²) >= 11 is 14.3. The molecule has 0 aromatic heterocycles. The summed E-state index contributed by atoms with van der Waals surface area (Å²) in [6.07, 6.45) is 4.45. The summed E-state index contributed by atoms with van der Waals surface area (Å²) in [5, 5.41) is 0. The maximum Gasteiger partial charge on any atom is 0.0827 e. The van der Waals surface area contributed by atoms with Crippen LogP contribution in [-0.4, -0.2) is 12.9 Å². The quantitative estimate of drug-likeness (QED) is 0.541. The number of hydrogen-bond acceptors (Lipinski definition) is 0. The lowest BCUT2D eigenvalue weighted by atomic mass is 10.0. The van der Waals surface area contributed by atoms with E-state index in [2.05, 4.69) is 70.1 Å². The molecule has 2 atom stereocenters. The summed E-state index contributed by atoms with van der Waals surface area (Å²) in [6.45, 7) is 0. The predicted molar refractivity (Wildman–Crippen MR) is 59.5 cm³/mol. The summed E-state index contributed by atoms with van der Waals surface area (Å²) in [7, 11) is 0. The Morgan fingerprint density at radius 2 is 1.50 bits per heavy atom. The van der Waals surface area contributed by atoms with Crippen molar-refractivity contribution < 1.29 is 0 Å².